The molecule has 0 amide bonds. The molecule has 3 unspecified atom stereocenters. The Morgan fingerprint density at radius 1 is 1.55 bits per heavy atom. The Labute approximate surface area is 63.9 Å². The highest BCUT2D eigenvalue weighted by Gasteiger charge is 2.37. The normalized spacial score (nSPS) is 21.9. The highest BCUT2D eigenvalue weighted by Crippen LogP contribution is 2.10. The number of aldehydes is 1. The number of aliphatic hydroxyl groups is 4. The van der Waals surface area contributed by atoms with Gasteiger partial charge >= 0.3 is 0 Å². The third kappa shape index (κ3) is 2.23. The van der Waals surface area contributed by atoms with Gasteiger partial charge in [0.1, 0.15) is 6.10 Å². The number of hydrogen-bond donors (Lipinski definition) is 4. The van der Waals surface area contributed by atoms with Crippen molar-refractivity contribution in [3.8, 4) is 0 Å². The van der Waals surface area contributed by atoms with Crippen LogP contribution >= 0.6 is 0 Å². The highest BCUT2D eigenvalue weighted by atomic mass is 16.4. The van der Waals surface area contributed by atoms with Crippen molar-refractivity contribution in [1.82, 2.24) is 0 Å². The van der Waals surface area contributed by atoms with Crippen molar-refractivity contribution in [2.75, 3.05) is 6.61 Å². The van der Waals surface area contributed by atoms with Gasteiger partial charge in [-0.15, -0.1) is 0 Å². The smallest absolute Gasteiger partial charge is 0.171 e. The van der Waals surface area contributed by atoms with E-state index in [4.69, 9.17) is 20.4 Å². The standard InChI is InChI=1S/C6H12O5/c1-4(9)5(10)6(11,2-7)3-8/h2,4-5,8-11H,3H2,1H3. The Kier molecular flexibility index (Phi) is 3.61. The molecule has 0 saturated carbocycles. The molecule has 5 nitrogen and oxygen atoms in total. The summed E-state index contributed by atoms with van der Waals surface area (Å²) >= 11 is 0. The third-order valence-electron chi connectivity index (χ3n) is 1.43. The Morgan fingerprint density at radius 3 is 2.09 bits per heavy atom. The van der Waals surface area contributed by atoms with Crippen LogP contribution in [-0.2, 0) is 4.79 Å². The maximum Gasteiger partial charge on any atom is 0.171 e. The van der Waals surface area contributed by atoms with E-state index in [9.17, 15) is 4.79 Å². The summed E-state index contributed by atoms with van der Waals surface area (Å²) in [5.74, 6) is 0. The lowest BCUT2D eigenvalue weighted by atomic mass is 9.96. The van der Waals surface area contributed by atoms with Gasteiger partial charge in [-0.3, -0.25) is 4.79 Å². The van der Waals surface area contributed by atoms with Crippen LogP contribution < -0.4 is 0 Å². The van der Waals surface area contributed by atoms with Crippen LogP contribution in [0.5, 0.6) is 0 Å². The van der Waals surface area contributed by atoms with Crippen LogP contribution in [0.4, 0.5) is 0 Å². The second kappa shape index (κ2) is 3.77. The molecule has 0 aliphatic rings. The first kappa shape index (κ1) is 10.5. The second-order valence-electron chi connectivity index (χ2n) is 2.45. The Balaban J connectivity index is 4.36. The van der Waals surface area contributed by atoms with E-state index in [-0.39, 0.29) is 6.29 Å². The van der Waals surface area contributed by atoms with Crippen LogP contribution in [0.15, 0.2) is 0 Å². The molecule has 4 N–H and O–H groups in total. The van der Waals surface area contributed by atoms with Gasteiger partial charge in [0.05, 0.1) is 12.7 Å². The molecule has 3 atom stereocenters. The quantitative estimate of drug-likeness (QED) is 0.349. The van der Waals surface area contributed by atoms with E-state index in [1.54, 1.807) is 0 Å². The van der Waals surface area contributed by atoms with Crippen molar-refractivity contribution in [3.05, 3.63) is 0 Å². The zero-order valence-electron chi connectivity index (χ0n) is 6.14. The summed E-state index contributed by atoms with van der Waals surface area (Å²) in [4.78, 5) is 10.1. The third-order valence-corrected chi connectivity index (χ3v) is 1.43. The highest BCUT2D eigenvalue weighted by molar-refractivity contribution is 5.63. The van der Waals surface area contributed by atoms with E-state index in [0.717, 1.165) is 0 Å². The number of rotatable bonds is 4. The van der Waals surface area contributed by atoms with Gasteiger partial charge in [0, 0.05) is 0 Å². The number of aliphatic hydroxyl groups excluding tert-OH is 3. The maximum atomic E-state index is 10.1. The first-order chi connectivity index (χ1) is 4.98. The molecule has 0 fully saturated rings. The summed E-state index contributed by atoms with van der Waals surface area (Å²) < 4.78 is 0. The monoisotopic (exact) mass is 164 g/mol. The van der Waals surface area contributed by atoms with Crippen molar-refractivity contribution < 1.29 is 25.2 Å². The van der Waals surface area contributed by atoms with E-state index in [1.807, 2.05) is 0 Å². The van der Waals surface area contributed by atoms with Gasteiger partial charge in [-0.25, -0.2) is 0 Å². The zero-order chi connectivity index (χ0) is 9.07. The summed E-state index contributed by atoms with van der Waals surface area (Å²) in [5, 5.41) is 35.2. The van der Waals surface area contributed by atoms with Crippen LogP contribution in [0.1, 0.15) is 6.92 Å². The van der Waals surface area contributed by atoms with Gasteiger partial charge in [-0.1, -0.05) is 0 Å². The molecular formula is C6H12O5. The molecule has 0 spiro atoms. The first-order valence-electron chi connectivity index (χ1n) is 3.13. The Bertz CT molecular complexity index is 135. The predicted octanol–water partition coefficient (Wildman–Crippen LogP) is -2.35. The largest absolute Gasteiger partial charge is 0.393 e. The van der Waals surface area contributed by atoms with Crippen LogP contribution in [0.25, 0.3) is 0 Å². The molecule has 66 valence electrons. The lowest BCUT2D eigenvalue weighted by Crippen LogP contribution is -2.52. The van der Waals surface area contributed by atoms with Gasteiger partial charge in [-0.2, -0.15) is 0 Å². The molecule has 0 aromatic heterocycles. The molecule has 0 bridgehead atoms. The number of hydrogen-bond acceptors (Lipinski definition) is 5. The lowest BCUT2D eigenvalue weighted by Gasteiger charge is -2.26. The van der Waals surface area contributed by atoms with Crippen molar-refractivity contribution in [2.24, 2.45) is 0 Å². The summed E-state index contributed by atoms with van der Waals surface area (Å²) in [6.45, 7) is 0.289. The predicted molar refractivity (Wildman–Crippen MR) is 35.8 cm³/mol. The SMILES string of the molecule is CC(O)C(O)C(O)(C=O)CO. The fourth-order valence-electron chi connectivity index (χ4n) is 0.618. The minimum Gasteiger partial charge on any atom is -0.393 e. The number of carbonyl (C=O) groups is 1. The summed E-state index contributed by atoms with van der Waals surface area (Å²) in [5.41, 5.74) is -2.26. The summed E-state index contributed by atoms with van der Waals surface area (Å²) in [7, 11) is 0. The van der Waals surface area contributed by atoms with Crippen molar-refractivity contribution in [1.29, 1.82) is 0 Å². The number of carbonyl (C=O) groups excluding carboxylic acids is 1. The molecule has 0 saturated heterocycles. The van der Waals surface area contributed by atoms with Crippen LogP contribution in [-0.4, -0.2) is 51.1 Å². The maximum absolute atomic E-state index is 10.1. The van der Waals surface area contributed by atoms with Crippen molar-refractivity contribution in [2.45, 2.75) is 24.7 Å². The first-order valence-corrected chi connectivity index (χ1v) is 3.13. The zero-order valence-corrected chi connectivity index (χ0v) is 6.14. The average Bonchev–Trinajstić information content (AvgIpc) is 2.01. The summed E-state index contributed by atoms with van der Waals surface area (Å²) in [6.07, 6.45) is -2.92. The van der Waals surface area contributed by atoms with E-state index >= 15 is 0 Å². The molecule has 5 heteroatoms. The molecule has 0 heterocycles. The topological polar surface area (TPSA) is 98.0 Å². The van der Waals surface area contributed by atoms with E-state index < -0.39 is 24.4 Å². The van der Waals surface area contributed by atoms with E-state index in [2.05, 4.69) is 0 Å². The Morgan fingerprint density at radius 2 is 2.00 bits per heavy atom. The van der Waals surface area contributed by atoms with Crippen LogP contribution in [0.2, 0.25) is 0 Å². The average molecular weight is 164 g/mol. The Hall–Kier alpha value is -0.490. The van der Waals surface area contributed by atoms with Crippen LogP contribution in [0.3, 0.4) is 0 Å². The fourth-order valence-corrected chi connectivity index (χ4v) is 0.618. The minimum absolute atomic E-state index is 0.00435. The van der Waals surface area contributed by atoms with Gasteiger partial charge < -0.3 is 20.4 Å². The molecule has 0 aliphatic heterocycles. The molecule has 0 rings (SSSR count). The minimum atomic E-state index is -2.26. The van der Waals surface area contributed by atoms with Gasteiger partial charge in [0.25, 0.3) is 0 Å². The van der Waals surface area contributed by atoms with E-state index in [1.165, 1.54) is 6.92 Å². The fraction of sp³-hybridized carbons (Fsp3) is 0.833. The van der Waals surface area contributed by atoms with Crippen molar-refractivity contribution in [3.63, 3.8) is 0 Å². The molecule has 0 radical (unpaired) electrons. The molecule has 0 aliphatic carbocycles. The van der Waals surface area contributed by atoms with Gasteiger partial charge in [0.2, 0.25) is 0 Å². The van der Waals surface area contributed by atoms with E-state index in [0.29, 0.717) is 0 Å². The molecule has 0 aromatic rings. The van der Waals surface area contributed by atoms with Gasteiger partial charge in [0.15, 0.2) is 11.9 Å². The second-order valence-corrected chi connectivity index (χ2v) is 2.45. The van der Waals surface area contributed by atoms with Crippen molar-refractivity contribution >= 4 is 6.29 Å². The molecule has 0 aromatic carbocycles. The molecule has 11 heavy (non-hydrogen) atoms. The lowest BCUT2D eigenvalue weighted by molar-refractivity contribution is -0.157. The van der Waals surface area contributed by atoms with Crippen LogP contribution in [0, 0.1) is 0 Å². The van der Waals surface area contributed by atoms with Gasteiger partial charge in [-0.05, 0) is 6.92 Å². The molecular weight excluding hydrogens is 152 g/mol. The summed E-state index contributed by atoms with van der Waals surface area (Å²) in [6, 6.07) is 0.